The zero-order valence-corrected chi connectivity index (χ0v) is 10.4. The lowest BCUT2D eigenvalue weighted by atomic mass is 10.2. The zero-order valence-electron chi connectivity index (χ0n) is 10.4. The minimum absolute atomic E-state index is 0.0619. The fourth-order valence-electron chi connectivity index (χ4n) is 2.60. The van der Waals surface area contributed by atoms with Gasteiger partial charge in [0.15, 0.2) is 0 Å². The third-order valence-corrected chi connectivity index (χ3v) is 3.49. The maximum Gasteiger partial charge on any atom is 0.245 e. The molecule has 1 aromatic rings. The van der Waals surface area contributed by atoms with E-state index in [-0.39, 0.29) is 11.9 Å². The molecule has 0 radical (unpaired) electrons. The highest BCUT2D eigenvalue weighted by atomic mass is 16.2. The van der Waals surface area contributed by atoms with Crippen LogP contribution in [0.15, 0.2) is 12.1 Å². The van der Waals surface area contributed by atoms with E-state index in [1.165, 1.54) is 0 Å². The van der Waals surface area contributed by atoms with Gasteiger partial charge in [-0.1, -0.05) is 0 Å². The van der Waals surface area contributed by atoms with Gasteiger partial charge in [0, 0.05) is 24.5 Å². The molecule has 0 bridgehead atoms. The molecule has 1 saturated heterocycles. The van der Waals surface area contributed by atoms with Crippen LogP contribution in [0.4, 0.5) is 0 Å². The Hall–Kier alpha value is -1.25. The number of aromatic nitrogens is 1. The summed E-state index contributed by atoms with van der Waals surface area (Å²) in [6, 6.07) is 4.08. The predicted octanol–water partition coefficient (Wildman–Crippen LogP) is 2.29. The third-order valence-electron chi connectivity index (χ3n) is 3.49. The van der Waals surface area contributed by atoms with Crippen molar-refractivity contribution in [3.63, 3.8) is 0 Å². The van der Waals surface area contributed by atoms with E-state index in [0.29, 0.717) is 0 Å². The molecule has 1 aliphatic heterocycles. The Kier molecular flexibility index (Phi) is 3.03. The second-order valence-corrected chi connectivity index (χ2v) is 4.69. The molecule has 2 heterocycles. The molecule has 1 aromatic heterocycles. The monoisotopic (exact) mass is 220 g/mol. The summed E-state index contributed by atoms with van der Waals surface area (Å²) in [5, 5.41) is 0. The second-order valence-electron chi connectivity index (χ2n) is 4.69. The summed E-state index contributed by atoms with van der Waals surface area (Å²) in [7, 11) is 0. The van der Waals surface area contributed by atoms with Crippen molar-refractivity contribution < 1.29 is 4.79 Å². The summed E-state index contributed by atoms with van der Waals surface area (Å²) in [4.78, 5) is 14.2. The first-order valence-electron chi connectivity index (χ1n) is 6.04. The molecule has 3 nitrogen and oxygen atoms in total. The molecule has 0 N–H and O–H groups in total. The topological polar surface area (TPSA) is 25.2 Å². The molecule has 1 amide bonds. The number of carbonyl (C=O) groups excluding carboxylic acids is 1. The Labute approximate surface area is 97.1 Å². The van der Waals surface area contributed by atoms with Crippen molar-refractivity contribution in [3.8, 4) is 0 Å². The Morgan fingerprint density at radius 1 is 1.19 bits per heavy atom. The van der Waals surface area contributed by atoms with Gasteiger partial charge in [-0.15, -0.1) is 0 Å². The van der Waals surface area contributed by atoms with Crippen LogP contribution in [-0.4, -0.2) is 28.5 Å². The molecule has 1 aliphatic rings. The van der Waals surface area contributed by atoms with E-state index < -0.39 is 0 Å². The van der Waals surface area contributed by atoms with E-state index in [1.54, 1.807) is 0 Å². The first kappa shape index (κ1) is 11.2. The molecular weight excluding hydrogens is 200 g/mol. The van der Waals surface area contributed by atoms with E-state index >= 15 is 0 Å². The van der Waals surface area contributed by atoms with Gasteiger partial charge in [-0.05, 0) is 45.7 Å². The first-order chi connectivity index (χ1) is 7.61. The fourth-order valence-corrected chi connectivity index (χ4v) is 2.60. The van der Waals surface area contributed by atoms with Crippen LogP contribution in [0.3, 0.4) is 0 Å². The Morgan fingerprint density at radius 3 is 2.19 bits per heavy atom. The highest BCUT2D eigenvalue weighted by Gasteiger charge is 2.25. The molecule has 0 aliphatic carbocycles. The van der Waals surface area contributed by atoms with E-state index in [4.69, 9.17) is 0 Å². The molecule has 0 spiro atoms. The highest BCUT2D eigenvalue weighted by molar-refractivity contribution is 5.80. The quantitative estimate of drug-likeness (QED) is 0.750. The Morgan fingerprint density at radius 2 is 1.69 bits per heavy atom. The Balaban J connectivity index is 2.18. The van der Waals surface area contributed by atoms with Crippen LogP contribution in [0, 0.1) is 13.8 Å². The highest BCUT2D eigenvalue weighted by Crippen LogP contribution is 2.20. The van der Waals surface area contributed by atoms with E-state index in [2.05, 4.69) is 30.5 Å². The smallest absolute Gasteiger partial charge is 0.245 e. The van der Waals surface area contributed by atoms with Crippen LogP contribution >= 0.6 is 0 Å². The Bertz CT molecular complexity index is 369. The standard InChI is InChI=1S/C13H20N2O/c1-10-6-7-11(2)15(10)12(3)13(16)14-8-4-5-9-14/h6-7,12H,4-5,8-9H2,1-3H3/t12-/m1/s1. The minimum Gasteiger partial charge on any atom is -0.341 e. The lowest BCUT2D eigenvalue weighted by Crippen LogP contribution is -2.34. The largest absolute Gasteiger partial charge is 0.341 e. The van der Waals surface area contributed by atoms with Gasteiger partial charge in [0.05, 0.1) is 0 Å². The first-order valence-corrected chi connectivity index (χ1v) is 6.04. The SMILES string of the molecule is Cc1ccc(C)n1[C@H](C)C(=O)N1CCCC1. The summed E-state index contributed by atoms with van der Waals surface area (Å²) < 4.78 is 2.13. The van der Waals surface area contributed by atoms with Gasteiger partial charge in [-0.3, -0.25) is 4.79 Å². The molecule has 0 aromatic carbocycles. The normalized spacial score (nSPS) is 17.8. The third kappa shape index (κ3) is 1.86. The second kappa shape index (κ2) is 4.32. The number of hydrogen-bond donors (Lipinski definition) is 0. The van der Waals surface area contributed by atoms with Crippen molar-refractivity contribution in [2.75, 3.05) is 13.1 Å². The van der Waals surface area contributed by atoms with Crippen LogP contribution in [0.25, 0.3) is 0 Å². The summed E-state index contributed by atoms with van der Waals surface area (Å²) in [5.74, 6) is 0.264. The molecule has 1 fully saturated rings. The lowest BCUT2D eigenvalue weighted by Gasteiger charge is -2.23. The summed E-state index contributed by atoms with van der Waals surface area (Å²) in [6.07, 6.45) is 2.31. The summed E-state index contributed by atoms with van der Waals surface area (Å²) >= 11 is 0. The lowest BCUT2D eigenvalue weighted by molar-refractivity contribution is -0.133. The van der Waals surface area contributed by atoms with Gasteiger partial charge in [0.1, 0.15) is 6.04 Å². The van der Waals surface area contributed by atoms with Crippen LogP contribution < -0.4 is 0 Å². The van der Waals surface area contributed by atoms with E-state index in [9.17, 15) is 4.79 Å². The van der Waals surface area contributed by atoms with Crippen LogP contribution in [0.2, 0.25) is 0 Å². The number of rotatable bonds is 2. The van der Waals surface area contributed by atoms with Gasteiger partial charge in [0.25, 0.3) is 0 Å². The summed E-state index contributed by atoms with van der Waals surface area (Å²) in [5.41, 5.74) is 2.33. The average Bonchev–Trinajstić information content (AvgIpc) is 2.87. The van der Waals surface area contributed by atoms with E-state index in [1.807, 2.05) is 11.8 Å². The number of carbonyl (C=O) groups is 1. The molecular formula is C13H20N2O. The number of hydrogen-bond acceptors (Lipinski definition) is 1. The van der Waals surface area contributed by atoms with Crippen molar-refractivity contribution in [3.05, 3.63) is 23.5 Å². The van der Waals surface area contributed by atoms with Crippen molar-refractivity contribution >= 4 is 5.91 Å². The van der Waals surface area contributed by atoms with Gasteiger partial charge in [-0.25, -0.2) is 0 Å². The minimum atomic E-state index is -0.0619. The van der Waals surface area contributed by atoms with Crippen LogP contribution in [-0.2, 0) is 4.79 Å². The maximum absolute atomic E-state index is 12.3. The van der Waals surface area contributed by atoms with Crippen molar-refractivity contribution in [2.45, 2.75) is 39.7 Å². The number of nitrogens with zero attached hydrogens (tertiary/aromatic N) is 2. The molecule has 2 rings (SSSR count). The van der Waals surface area contributed by atoms with Crippen molar-refractivity contribution in [1.29, 1.82) is 0 Å². The van der Waals surface area contributed by atoms with Crippen molar-refractivity contribution in [1.82, 2.24) is 9.47 Å². The molecule has 88 valence electrons. The van der Waals surface area contributed by atoms with Crippen LogP contribution in [0.5, 0.6) is 0 Å². The number of likely N-dealkylation sites (tertiary alicyclic amines) is 1. The van der Waals surface area contributed by atoms with Crippen LogP contribution in [0.1, 0.15) is 37.2 Å². The predicted molar refractivity (Wildman–Crippen MR) is 64.4 cm³/mol. The van der Waals surface area contributed by atoms with Gasteiger partial charge < -0.3 is 9.47 Å². The van der Waals surface area contributed by atoms with Gasteiger partial charge in [0.2, 0.25) is 5.91 Å². The van der Waals surface area contributed by atoms with E-state index in [0.717, 1.165) is 37.3 Å². The number of amides is 1. The van der Waals surface area contributed by atoms with Crippen molar-refractivity contribution in [2.24, 2.45) is 0 Å². The zero-order chi connectivity index (χ0) is 11.7. The molecule has 0 saturated carbocycles. The summed E-state index contributed by atoms with van der Waals surface area (Å²) in [6.45, 7) is 7.98. The maximum atomic E-state index is 12.3. The molecule has 16 heavy (non-hydrogen) atoms. The van der Waals surface area contributed by atoms with Gasteiger partial charge >= 0.3 is 0 Å². The fraction of sp³-hybridized carbons (Fsp3) is 0.615. The molecule has 1 atom stereocenters. The molecule has 3 heteroatoms. The number of aryl methyl sites for hydroxylation is 2. The van der Waals surface area contributed by atoms with Gasteiger partial charge in [-0.2, -0.15) is 0 Å². The average molecular weight is 220 g/mol. The molecule has 0 unspecified atom stereocenters.